The minimum absolute atomic E-state index is 0. The van der Waals surface area contributed by atoms with Crippen LogP contribution in [0, 0.1) is 5.82 Å². The molecular weight excluding hydrogens is 343 g/mol. The molecule has 0 radical (unpaired) electrons. The minimum atomic E-state index is -3.59. The molecule has 0 bridgehead atoms. The average Bonchev–Trinajstić information content (AvgIpc) is 2.46. The second kappa shape index (κ2) is 8.08. The Morgan fingerprint density at radius 1 is 1.39 bits per heavy atom. The van der Waals surface area contributed by atoms with Gasteiger partial charge in [0.1, 0.15) is 10.7 Å². The van der Waals surface area contributed by atoms with E-state index < -0.39 is 15.7 Å². The van der Waals surface area contributed by atoms with Gasteiger partial charge in [0.15, 0.2) is 9.84 Å². The molecule has 1 aromatic carbocycles. The molecule has 5 nitrogen and oxygen atoms in total. The first-order valence-corrected chi connectivity index (χ1v) is 9.21. The van der Waals surface area contributed by atoms with Gasteiger partial charge >= 0.3 is 0 Å². The molecule has 2 atom stereocenters. The maximum atomic E-state index is 13.9. The SMILES string of the molecule is CC(NC(=O)C1CCCCN1)c1ccc(S(C)(=O)=O)c(F)c1.Cl. The van der Waals surface area contributed by atoms with Crippen molar-refractivity contribution in [3.8, 4) is 0 Å². The molecule has 130 valence electrons. The number of nitrogens with one attached hydrogen (secondary N) is 2. The Labute approximate surface area is 142 Å². The molecule has 1 fully saturated rings. The highest BCUT2D eigenvalue weighted by Crippen LogP contribution is 2.20. The predicted octanol–water partition coefficient (Wildman–Crippen LogP) is 1.97. The molecule has 2 N–H and O–H groups in total. The zero-order valence-corrected chi connectivity index (χ0v) is 14.8. The number of halogens is 2. The normalized spacial score (nSPS) is 19.5. The molecule has 23 heavy (non-hydrogen) atoms. The third kappa shape index (κ3) is 5.16. The van der Waals surface area contributed by atoms with E-state index in [9.17, 15) is 17.6 Å². The third-order valence-electron chi connectivity index (χ3n) is 3.84. The van der Waals surface area contributed by atoms with Gasteiger partial charge in [-0.15, -0.1) is 12.4 Å². The molecule has 0 aliphatic carbocycles. The molecule has 1 aliphatic rings. The van der Waals surface area contributed by atoms with Gasteiger partial charge in [0, 0.05) is 6.26 Å². The van der Waals surface area contributed by atoms with E-state index in [1.54, 1.807) is 6.92 Å². The van der Waals surface area contributed by atoms with E-state index in [2.05, 4.69) is 10.6 Å². The van der Waals surface area contributed by atoms with E-state index in [-0.39, 0.29) is 35.3 Å². The van der Waals surface area contributed by atoms with Gasteiger partial charge in [0.2, 0.25) is 5.91 Å². The molecule has 0 saturated carbocycles. The molecule has 1 saturated heterocycles. The van der Waals surface area contributed by atoms with Gasteiger partial charge in [0.25, 0.3) is 0 Å². The van der Waals surface area contributed by atoms with Crippen molar-refractivity contribution in [2.45, 2.75) is 43.2 Å². The highest BCUT2D eigenvalue weighted by Gasteiger charge is 2.23. The summed E-state index contributed by atoms with van der Waals surface area (Å²) in [6.45, 7) is 2.57. The molecule has 0 aromatic heterocycles. The predicted molar refractivity (Wildman–Crippen MR) is 89.0 cm³/mol. The van der Waals surface area contributed by atoms with Crippen molar-refractivity contribution < 1.29 is 17.6 Å². The fraction of sp³-hybridized carbons (Fsp3) is 0.533. The molecule has 0 spiro atoms. The van der Waals surface area contributed by atoms with Gasteiger partial charge in [-0.05, 0) is 44.0 Å². The van der Waals surface area contributed by atoms with Crippen LogP contribution in [0.15, 0.2) is 23.1 Å². The second-order valence-electron chi connectivity index (χ2n) is 5.69. The van der Waals surface area contributed by atoms with Crippen LogP contribution in [-0.2, 0) is 14.6 Å². The van der Waals surface area contributed by atoms with Gasteiger partial charge in [0.05, 0.1) is 12.1 Å². The Hall–Kier alpha value is -1.18. The van der Waals surface area contributed by atoms with Crippen LogP contribution in [0.4, 0.5) is 4.39 Å². The van der Waals surface area contributed by atoms with Gasteiger partial charge in [-0.1, -0.05) is 12.5 Å². The van der Waals surface area contributed by atoms with Crippen LogP contribution in [0.5, 0.6) is 0 Å². The Morgan fingerprint density at radius 3 is 2.61 bits per heavy atom. The van der Waals surface area contributed by atoms with Crippen molar-refractivity contribution in [2.24, 2.45) is 0 Å². The van der Waals surface area contributed by atoms with Gasteiger partial charge < -0.3 is 10.6 Å². The number of amides is 1. The fourth-order valence-electron chi connectivity index (χ4n) is 2.56. The fourth-order valence-corrected chi connectivity index (χ4v) is 3.29. The summed E-state index contributed by atoms with van der Waals surface area (Å²) in [5.41, 5.74) is 0.536. The summed E-state index contributed by atoms with van der Waals surface area (Å²) >= 11 is 0. The molecule has 8 heteroatoms. The Morgan fingerprint density at radius 2 is 2.09 bits per heavy atom. The van der Waals surface area contributed by atoms with E-state index in [1.165, 1.54) is 12.1 Å². The third-order valence-corrected chi connectivity index (χ3v) is 4.97. The summed E-state index contributed by atoms with van der Waals surface area (Å²) in [6.07, 6.45) is 3.83. The summed E-state index contributed by atoms with van der Waals surface area (Å²) in [7, 11) is -3.59. The number of carbonyl (C=O) groups excluding carboxylic acids is 1. The van der Waals surface area contributed by atoms with E-state index >= 15 is 0 Å². The lowest BCUT2D eigenvalue weighted by atomic mass is 10.0. The van der Waals surface area contributed by atoms with Gasteiger partial charge in [-0.25, -0.2) is 12.8 Å². The quantitative estimate of drug-likeness (QED) is 0.856. The van der Waals surface area contributed by atoms with Crippen LogP contribution in [0.25, 0.3) is 0 Å². The maximum absolute atomic E-state index is 13.9. The van der Waals surface area contributed by atoms with Gasteiger partial charge in [-0.2, -0.15) is 0 Å². The van der Waals surface area contributed by atoms with Gasteiger partial charge in [-0.3, -0.25) is 4.79 Å². The molecule has 1 amide bonds. The van der Waals surface area contributed by atoms with Crippen molar-refractivity contribution in [2.75, 3.05) is 12.8 Å². The van der Waals surface area contributed by atoms with E-state index in [4.69, 9.17) is 0 Å². The van der Waals surface area contributed by atoms with E-state index in [1.807, 2.05) is 0 Å². The Balaban J connectivity index is 0.00000264. The van der Waals surface area contributed by atoms with Crippen molar-refractivity contribution in [3.05, 3.63) is 29.6 Å². The van der Waals surface area contributed by atoms with Crippen molar-refractivity contribution >= 4 is 28.2 Å². The van der Waals surface area contributed by atoms with Crippen LogP contribution in [-0.4, -0.2) is 33.2 Å². The average molecular weight is 365 g/mol. The summed E-state index contributed by atoms with van der Waals surface area (Å²) in [5, 5.41) is 5.98. The largest absolute Gasteiger partial charge is 0.348 e. The van der Waals surface area contributed by atoms with Crippen LogP contribution in [0.2, 0.25) is 0 Å². The molecule has 2 rings (SSSR count). The lowest BCUT2D eigenvalue weighted by molar-refractivity contribution is -0.124. The summed E-state index contributed by atoms with van der Waals surface area (Å²) in [6, 6.07) is 3.33. The number of hydrogen-bond donors (Lipinski definition) is 2. The van der Waals surface area contributed by atoms with Crippen LogP contribution < -0.4 is 10.6 Å². The number of piperidine rings is 1. The van der Waals surface area contributed by atoms with Crippen LogP contribution in [0.1, 0.15) is 37.8 Å². The highest BCUT2D eigenvalue weighted by atomic mass is 35.5. The minimum Gasteiger partial charge on any atom is -0.348 e. The molecular formula is C15H22ClFN2O3S. The van der Waals surface area contributed by atoms with E-state index in [0.717, 1.165) is 38.1 Å². The number of hydrogen-bond acceptors (Lipinski definition) is 4. The Bertz CT molecular complexity index is 661. The summed E-state index contributed by atoms with van der Waals surface area (Å²) < 4.78 is 36.7. The summed E-state index contributed by atoms with van der Waals surface area (Å²) in [5.74, 6) is -0.906. The lowest BCUT2D eigenvalue weighted by Gasteiger charge is -2.24. The first kappa shape index (κ1) is 19.9. The van der Waals surface area contributed by atoms with Crippen LogP contribution in [0.3, 0.4) is 0 Å². The zero-order chi connectivity index (χ0) is 16.3. The van der Waals surface area contributed by atoms with Crippen molar-refractivity contribution in [3.63, 3.8) is 0 Å². The smallest absolute Gasteiger partial charge is 0.237 e. The van der Waals surface area contributed by atoms with Crippen LogP contribution >= 0.6 is 12.4 Å². The standard InChI is InChI=1S/C15H21FN2O3S.ClH/c1-10(18-15(19)13-5-3-4-8-17-13)11-6-7-14(12(16)9-11)22(2,20)21;/h6-7,9-10,13,17H,3-5,8H2,1-2H3,(H,18,19);1H. The molecule has 2 unspecified atom stereocenters. The van der Waals surface area contributed by atoms with E-state index in [0.29, 0.717) is 5.56 Å². The molecule has 1 aliphatic heterocycles. The zero-order valence-electron chi connectivity index (χ0n) is 13.1. The monoisotopic (exact) mass is 364 g/mol. The highest BCUT2D eigenvalue weighted by molar-refractivity contribution is 7.90. The van der Waals surface area contributed by atoms with Crippen molar-refractivity contribution in [1.82, 2.24) is 10.6 Å². The first-order valence-electron chi connectivity index (χ1n) is 7.32. The number of rotatable bonds is 4. The summed E-state index contributed by atoms with van der Waals surface area (Å²) in [4.78, 5) is 11.8. The number of sulfone groups is 1. The topological polar surface area (TPSA) is 75.3 Å². The maximum Gasteiger partial charge on any atom is 0.237 e. The second-order valence-corrected chi connectivity index (χ2v) is 7.68. The Kier molecular flexibility index (Phi) is 6.98. The number of carbonyl (C=O) groups is 1. The lowest BCUT2D eigenvalue weighted by Crippen LogP contribution is -2.47. The number of benzene rings is 1. The van der Waals surface area contributed by atoms with Crippen molar-refractivity contribution in [1.29, 1.82) is 0 Å². The first-order chi connectivity index (χ1) is 10.3. The molecule has 1 aromatic rings. The molecule has 1 heterocycles.